The molecule has 0 heterocycles. The van der Waals surface area contributed by atoms with Gasteiger partial charge >= 0.3 is 0 Å². The van der Waals surface area contributed by atoms with E-state index in [-0.39, 0.29) is 17.4 Å². The number of nitrogens with one attached hydrogen (secondary N) is 1. The number of ether oxygens (including phenoxy) is 1. The molecule has 120 valence electrons. The quantitative estimate of drug-likeness (QED) is 0.848. The zero-order valence-corrected chi connectivity index (χ0v) is 12.7. The van der Waals surface area contributed by atoms with Gasteiger partial charge in [0.05, 0.1) is 5.02 Å². The molecule has 0 radical (unpaired) electrons. The van der Waals surface area contributed by atoms with Gasteiger partial charge in [0.15, 0.2) is 6.61 Å². The predicted molar refractivity (Wildman–Crippen MR) is 83.4 cm³/mol. The lowest BCUT2D eigenvalue weighted by Crippen LogP contribution is -2.39. The number of primary amides is 1. The minimum absolute atomic E-state index is 0.0484. The minimum atomic E-state index is -0.962. The SMILES string of the molecule is NC(=O)[C@@H](NC(=O)COc1ccc(F)cc1Cl)c1ccccc1. The molecule has 0 aliphatic rings. The van der Waals surface area contributed by atoms with E-state index >= 15 is 0 Å². The summed E-state index contributed by atoms with van der Waals surface area (Å²) in [6.45, 7) is -0.387. The van der Waals surface area contributed by atoms with E-state index in [0.717, 1.165) is 12.1 Å². The van der Waals surface area contributed by atoms with Crippen molar-refractivity contribution in [2.24, 2.45) is 5.73 Å². The third kappa shape index (κ3) is 4.69. The summed E-state index contributed by atoms with van der Waals surface area (Å²) in [5, 5.41) is 2.53. The van der Waals surface area contributed by atoms with Gasteiger partial charge in [-0.25, -0.2) is 4.39 Å². The van der Waals surface area contributed by atoms with E-state index < -0.39 is 23.7 Å². The van der Waals surface area contributed by atoms with Crippen LogP contribution in [0.15, 0.2) is 48.5 Å². The maximum atomic E-state index is 12.9. The fraction of sp³-hybridized carbons (Fsp3) is 0.125. The van der Waals surface area contributed by atoms with Crippen molar-refractivity contribution in [3.63, 3.8) is 0 Å². The highest BCUT2D eigenvalue weighted by atomic mass is 35.5. The smallest absolute Gasteiger partial charge is 0.258 e. The highest BCUT2D eigenvalue weighted by molar-refractivity contribution is 6.32. The van der Waals surface area contributed by atoms with Crippen LogP contribution < -0.4 is 15.8 Å². The largest absolute Gasteiger partial charge is 0.482 e. The zero-order valence-electron chi connectivity index (χ0n) is 12.0. The van der Waals surface area contributed by atoms with E-state index in [1.165, 1.54) is 6.07 Å². The normalized spacial score (nSPS) is 11.6. The number of amides is 2. The highest BCUT2D eigenvalue weighted by Crippen LogP contribution is 2.24. The molecule has 5 nitrogen and oxygen atoms in total. The second-order valence-corrected chi connectivity index (χ2v) is 5.08. The Labute approximate surface area is 137 Å². The molecule has 23 heavy (non-hydrogen) atoms. The number of hydrogen-bond donors (Lipinski definition) is 2. The Morgan fingerprint density at radius 1 is 1.22 bits per heavy atom. The van der Waals surface area contributed by atoms with Crippen LogP contribution in [0, 0.1) is 5.82 Å². The van der Waals surface area contributed by atoms with Crippen LogP contribution in [-0.4, -0.2) is 18.4 Å². The zero-order chi connectivity index (χ0) is 16.8. The van der Waals surface area contributed by atoms with Crippen LogP contribution in [0.1, 0.15) is 11.6 Å². The average Bonchev–Trinajstić information content (AvgIpc) is 2.52. The Hall–Kier alpha value is -2.60. The van der Waals surface area contributed by atoms with Crippen LogP contribution in [0.2, 0.25) is 5.02 Å². The molecule has 0 spiro atoms. The maximum Gasteiger partial charge on any atom is 0.258 e. The lowest BCUT2D eigenvalue weighted by atomic mass is 10.1. The van der Waals surface area contributed by atoms with Gasteiger partial charge in [0, 0.05) is 0 Å². The number of carbonyl (C=O) groups excluding carboxylic acids is 2. The van der Waals surface area contributed by atoms with E-state index in [0.29, 0.717) is 5.56 Å². The molecule has 0 bridgehead atoms. The fourth-order valence-electron chi connectivity index (χ4n) is 1.90. The van der Waals surface area contributed by atoms with Gasteiger partial charge in [0.2, 0.25) is 5.91 Å². The van der Waals surface area contributed by atoms with Gasteiger partial charge in [-0.05, 0) is 23.8 Å². The van der Waals surface area contributed by atoms with Crippen molar-refractivity contribution in [1.82, 2.24) is 5.32 Å². The molecule has 0 aliphatic heterocycles. The van der Waals surface area contributed by atoms with Crippen LogP contribution in [0.25, 0.3) is 0 Å². The topological polar surface area (TPSA) is 81.4 Å². The van der Waals surface area contributed by atoms with Crippen LogP contribution in [0.4, 0.5) is 4.39 Å². The standard InChI is InChI=1S/C16H14ClFN2O3/c17-12-8-11(18)6-7-13(12)23-9-14(21)20-15(16(19)22)10-4-2-1-3-5-10/h1-8,15H,9H2,(H2,19,22)(H,20,21)/t15-/m0/s1. The van der Waals surface area contributed by atoms with Gasteiger partial charge < -0.3 is 15.8 Å². The molecule has 2 amide bonds. The predicted octanol–water partition coefficient (Wildman–Crippen LogP) is 2.20. The van der Waals surface area contributed by atoms with Crippen molar-refractivity contribution in [3.8, 4) is 5.75 Å². The lowest BCUT2D eigenvalue weighted by molar-refractivity contribution is -0.128. The van der Waals surface area contributed by atoms with E-state index in [1.54, 1.807) is 30.3 Å². The summed E-state index contributed by atoms with van der Waals surface area (Å²) in [5.41, 5.74) is 5.87. The second-order valence-electron chi connectivity index (χ2n) is 4.68. The second kappa shape index (κ2) is 7.60. The van der Waals surface area contributed by atoms with Crippen molar-refractivity contribution in [1.29, 1.82) is 0 Å². The molecule has 0 fully saturated rings. The van der Waals surface area contributed by atoms with Gasteiger partial charge in [-0.15, -0.1) is 0 Å². The molecular weight excluding hydrogens is 323 g/mol. The molecule has 2 aromatic rings. The van der Waals surface area contributed by atoms with Crippen LogP contribution in [0.3, 0.4) is 0 Å². The third-order valence-corrected chi connectivity index (χ3v) is 3.27. The number of hydrogen-bond acceptors (Lipinski definition) is 3. The van der Waals surface area contributed by atoms with Crippen molar-refractivity contribution in [2.75, 3.05) is 6.61 Å². The first-order chi connectivity index (χ1) is 11.0. The highest BCUT2D eigenvalue weighted by Gasteiger charge is 2.20. The van der Waals surface area contributed by atoms with Gasteiger partial charge in [0.25, 0.3) is 5.91 Å². The molecule has 0 unspecified atom stereocenters. The first kappa shape index (κ1) is 16.8. The molecule has 3 N–H and O–H groups in total. The molecule has 0 saturated heterocycles. The lowest BCUT2D eigenvalue weighted by Gasteiger charge is -2.16. The molecular formula is C16H14ClFN2O3. The van der Waals surface area contributed by atoms with Crippen molar-refractivity contribution in [3.05, 3.63) is 64.9 Å². The summed E-state index contributed by atoms with van der Waals surface area (Å²) in [4.78, 5) is 23.4. The van der Waals surface area contributed by atoms with E-state index in [1.807, 2.05) is 0 Å². The van der Waals surface area contributed by atoms with Crippen molar-refractivity contribution in [2.45, 2.75) is 6.04 Å². The van der Waals surface area contributed by atoms with Gasteiger partial charge in [-0.2, -0.15) is 0 Å². The summed E-state index contributed by atoms with van der Waals surface area (Å²) in [7, 11) is 0. The Balaban J connectivity index is 1.98. The van der Waals surface area contributed by atoms with Gasteiger partial charge in [-0.3, -0.25) is 9.59 Å². The molecule has 2 aromatic carbocycles. The van der Waals surface area contributed by atoms with Crippen LogP contribution >= 0.6 is 11.6 Å². The fourth-order valence-corrected chi connectivity index (χ4v) is 2.12. The summed E-state index contributed by atoms with van der Waals surface area (Å²) >= 11 is 5.79. The number of carbonyl (C=O) groups is 2. The Bertz CT molecular complexity index is 710. The van der Waals surface area contributed by atoms with Crippen molar-refractivity contribution < 1.29 is 18.7 Å². The molecule has 1 atom stereocenters. The van der Waals surface area contributed by atoms with Gasteiger partial charge in [-0.1, -0.05) is 41.9 Å². The third-order valence-electron chi connectivity index (χ3n) is 2.98. The summed E-state index contributed by atoms with van der Waals surface area (Å²) < 4.78 is 18.1. The minimum Gasteiger partial charge on any atom is -0.482 e. The summed E-state index contributed by atoms with van der Waals surface area (Å²) in [5.74, 6) is -1.59. The van der Waals surface area contributed by atoms with E-state index in [9.17, 15) is 14.0 Å². The molecule has 0 aliphatic carbocycles. The molecule has 2 rings (SSSR count). The Morgan fingerprint density at radius 2 is 1.91 bits per heavy atom. The Morgan fingerprint density at radius 3 is 2.52 bits per heavy atom. The first-order valence-corrected chi connectivity index (χ1v) is 7.06. The molecule has 0 saturated carbocycles. The number of benzene rings is 2. The van der Waals surface area contributed by atoms with E-state index in [2.05, 4.69) is 5.32 Å². The Kier molecular flexibility index (Phi) is 5.54. The van der Waals surface area contributed by atoms with E-state index in [4.69, 9.17) is 22.1 Å². The summed E-state index contributed by atoms with van der Waals surface area (Å²) in [6.07, 6.45) is 0. The number of rotatable bonds is 6. The average molecular weight is 337 g/mol. The molecule has 7 heteroatoms. The van der Waals surface area contributed by atoms with Crippen molar-refractivity contribution >= 4 is 23.4 Å². The molecule has 0 aromatic heterocycles. The maximum absolute atomic E-state index is 12.9. The number of nitrogens with two attached hydrogens (primary N) is 1. The van der Waals surface area contributed by atoms with Crippen LogP contribution in [-0.2, 0) is 9.59 Å². The van der Waals surface area contributed by atoms with Gasteiger partial charge in [0.1, 0.15) is 17.6 Å². The summed E-state index contributed by atoms with van der Waals surface area (Å²) in [6, 6.07) is 11.2. The first-order valence-electron chi connectivity index (χ1n) is 6.69. The number of halogens is 2. The van der Waals surface area contributed by atoms with Crippen LogP contribution in [0.5, 0.6) is 5.75 Å². The monoisotopic (exact) mass is 336 g/mol.